The number of carbonyl (C=O) groups is 2. The van der Waals surface area contributed by atoms with Gasteiger partial charge in [0.1, 0.15) is 17.5 Å². The molecule has 2 N–H and O–H groups in total. The minimum Gasteiger partial charge on any atom is -0.497 e. The molecule has 1 fully saturated rings. The fourth-order valence-corrected chi connectivity index (χ4v) is 3.52. The molecular weight excluding hydrogens is 380 g/mol. The Hall–Kier alpha value is -3.61. The monoisotopic (exact) mass is 404 g/mol. The average Bonchev–Trinajstić information content (AvgIpc) is 3.14. The predicted octanol–water partition coefficient (Wildman–Crippen LogP) is 2.95. The zero-order valence-corrected chi connectivity index (χ0v) is 16.8. The van der Waals surface area contributed by atoms with Crippen molar-refractivity contribution in [2.24, 2.45) is 0 Å². The van der Waals surface area contributed by atoms with Crippen molar-refractivity contribution in [2.75, 3.05) is 13.7 Å². The van der Waals surface area contributed by atoms with Gasteiger partial charge in [-0.2, -0.15) is 5.10 Å². The van der Waals surface area contributed by atoms with Crippen LogP contribution in [0.2, 0.25) is 0 Å². The minimum absolute atomic E-state index is 0.139. The second-order valence-corrected chi connectivity index (χ2v) is 7.20. The van der Waals surface area contributed by atoms with Gasteiger partial charge in [0, 0.05) is 12.1 Å². The van der Waals surface area contributed by atoms with Crippen molar-refractivity contribution in [1.29, 1.82) is 0 Å². The molecule has 0 radical (unpaired) electrons. The van der Waals surface area contributed by atoms with Crippen molar-refractivity contribution < 1.29 is 14.3 Å². The normalized spacial score (nSPS) is 16.4. The number of hydrogen-bond donors (Lipinski definition) is 2. The number of nitrogens with zero attached hydrogens (tertiary/aromatic N) is 2. The van der Waals surface area contributed by atoms with Crippen molar-refractivity contribution >= 4 is 11.8 Å². The summed E-state index contributed by atoms with van der Waals surface area (Å²) in [6.07, 6.45) is 2.43. The molecule has 1 aliphatic heterocycles. The van der Waals surface area contributed by atoms with Gasteiger partial charge >= 0.3 is 0 Å². The van der Waals surface area contributed by atoms with Gasteiger partial charge in [-0.15, -0.1) is 0 Å². The maximum Gasteiger partial charge on any atom is 0.270 e. The van der Waals surface area contributed by atoms with E-state index in [1.54, 1.807) is 17.9 Å². The number of ether oxygens (including phenoxy) is 1. The van der Waals surface area contributed by atoms with Crippen LogP contribution in [-0.2, 0) is 4.79 Å². The fourth-order valence-electron chi connectivity index (χ4n) is 3.52. The standard InChI is InChI=1S/C23H24N4O3/c1-30-18-12-10-17(11-13-18)27-21(15-20(26-27)16-7-3-2-4-8-16)23(29)25-19-9-5-6-14-24-22(19)28/h2-4,7-8,10-13,15,19H,5-6,9,14H2,1H3,(H,24,28)(H,25,29)/t19-/m0/s1. The molecule has 1 aliphatic rings. The third-order valence-electron chi connectivity index (χ3n) is 5.17. The first-order valence-electron chi connectivity index (χ1n) is 10.0. The van der Waals surface area contributed by atoms with E-state index < -0.39 is 6.04 Å². The number of rotatable bonds is 5. The van der Waals surface area contributed by atoms with Crippen molar-refractivity contribution in [3.05, 3.63) is 66.4 Å². The maximum atomic E-state index is 13.2. The first-order valence-corrected chi connectivity index (χ1v) is 10.0. The number of hydrogen-bond acceptors (Lipinski definition) is 4. The van der Waals surface area contributed by atoms with Crippen LogP contribution in [0.15, 0.2) is 60.7 Å². The smallest absolute Gasteiger partial charge is 0.270 e. The van der Waals surface area contributed by atoms with Crippen LogP contribution in [0.1, 0.15) is 29.8 Å². The van der Waals surface area contributed by atoms with E-state index in [4.69, 9.17) is 4.74 Å². The Balaban J connectivity index is 1.69. The van der Waals surface area contributed by atoms with Gasteiger partial charge in [-0.3, -0.25) is 9.59 Å². The summed E-state index contributed by atoms with van der Waals surface area (Å²) in [6.45, 7) is 0.646. The van der Waals surface area contributed by atoms with Crippen molar-refractivity contribution in [2.45, 2.75) is 25.3 Å². The number of nitrogens with one attached hydrogen (secondary N) is 2. The SMILES string of the molecule is COc1ccc(-n2nc(-c3ccccc3)cc2C(=O)N[C@H]2CCCCNC2=O)cc1. The van der Waals surface area contributed by atoms with Crippen LogP contribution in [0.4, 0.5) is 0 Å². The molecule has 0 spiro atoms. The Morgan fingerprint density at radius 1 is 1.13 bits per heavy atom. The first-order chi connectivity index (χ1) is 14.7. The summed E-state index contributed by atoms with van der Waals surface area (Å²) < 4.78 is 6.83. The topological polar surface area (TPSA) is 85.2 Å². The third-order valence-corrected chi connectivity index (χ3v) is 5.17. The summed E-state index contributed by atoms with van der Waals surface area (Å²) in [5.74, 6) is 0.248. The fraction of sp³-hybridized carbons (Fsp3) is 0.261. The molecule has 2 aromatic carbocycles. The van der Waals surface area contributed by atoms with Crippen molar-refractivity contribution in [3.63, 3.8) is 0 Å². The Bertz CT molecular complexity index is 1030. The quantitative estimate of drug-likeness (QED) is 0.685. The summed E-state index contributed by atoms with van der Waals surface area (Å²) >= 11 is 0. The van der Waals surface area contributed by atoms with Crippen LogP contribution in [0, 0.1) is 0 Å². The first kappa shape index (κ1) is 19.7. The molecule has 0 unspecified atom stereocenters. The summed E-state index contributed by atoms with van der Waals surface area (Å²) in [5.41, 5.74) is 2.69. The highest BCUT2D eigenvalue weighted by atomic mass is 16.5. The van der Waals surface area contributed by atoms with E-state index in [9.17, 15) is 9.59 Å². The molecule has 1 aromatic heterocycles. The van der Waals surface area contributed by atoms with E-state index in [0.29, 0.717) is 24.4 Å². The summed E-state index contributed by atoms with van der Waals surface area (Å²) in [7, 11) is 1.60. The van der Waals surface area contributed by atoms with Crippen LogP contribution >= 0.6 is 0 Å². The molecule has 0 aliphatic carbocycles. The second-order valence-electron chi connectivity index (χ2n) is 7.20. The highest BCUT2D eigenvalue weighted by molar-refractivity contribution is 5.97. The van der Waals surface area contributed by atoms with Crippen LogP contribution in [0.5, 0.6) is 5.75 Å². The Morgan fingerprint density at radius 3 is 2.63 bits per heavy atom. The molecule has 2 heterocycles. The Morgan fingerprint density at radius 2 is 1.90 bits per heavy atom. The molecule has 2 amide bonds. The highest BCUT2D eigenvalue weighted by Gasteiger charge is 2.25. The average molecular weight is 404 g/mol. The Kier molecular flexibility index (Phi) is 5.79. The molecule has 0 bridgehead atoms. The largest absolute Gasteiger partial charge is 0.497 e. The van der Waals surface area contributed by atoms with Gasteiger partial charge in [-0.1, -0.05) is 30.3 Å². The highest BCUT2D eigenvalue weighted by Crippen LogP contribution is 2.23. The van der Waals surface area contributed by atoms with Crippen molar-refractivity contribution in [3.8, 4) is 22.7 Å². The van der Waals surface area contributed by atoms with Crippen LogP contribution in [0.3, 0.4) is 0 Å². The van der Waals surface area contributed by atoms with Gasteiger partial charge in [-0.05, 0) is 49.6 Å². The van der Waals surface area contributed by atoms with Gasteiger partial charge in [-0.25, -0.2) is 4.68 Å². The molecule has 4 rings (SSSR count). The zero-order chi connectivity index (χ0) is 20.9. The van der Waals surface area contributed by atoms with Crippen LogP contribution in [0.25, 0.3) is 16.9 Å². The Labute approximate surface area is 175 Å². The van der Waals surface area contributed by atoms with Gasteiger partial charge in [0.05, 0.1) is 18.5 Å². The van der Waals surface area contributed by atoms with E-state index >= 15 is 0 Å². The maximum absolute atomic E-state index is 13.2. The number of amides is 2. The lowest BCUT2D eigenvalue weighted by molar-refractivity contribution is -0.122. The molecule has 1 atom stereocenters. The molecule has 7 heteroatoms. The zero-order valence-electron chi connectivity index (χ0n) is 16.8. The van der Waals surface area contributed by atoms with Gasteiger partial charge in [0.25, 0.3) is 5.91 Å². The summed E-state index contributed by atoms with van der Waals surface area (Å²) in [4.78, 5) is 25.4. The second kappa shape index (κ2) is 8.82. The summed E-state index contributed by atoms with van der Waals surface area (Å²) in [5, 5.41) is 10.4. The lowest BCUT2D eigenvalue weighted by Gasteiger charge is -2.15. The van der Waals surface area contributed by atoms with E-state index in [1.165, 1.54) is 0 Å². The lowest BCUT2D eigenvalue weighted by Crippen LogP contribution is -2.45. The molecule has 3 aromatic rings. The predicted molar refractivity (Wildman–Crippen MR) is 114 cm³/mol. The van der Waals surface area contributed by atoms with Crippen LogP contribution < -0.4 is 15.4 Å². The van der Waals surface area contributed by atoms with Crippen molar-refractivity contribution in [1.82, 2.24) is 20.4 Å². The van der Waals surface area contributed by atoms with Gasteiger partial charge in [0.15, 0.2) is 0 Å². The molecule has 7 nitrogen and oxygen atoms in total. The van der Waals surface area contributed by atoms with E-state index in [-0.39, 0.29) is 11.8 Å². The van der Waals surface area contributed by atoms with E-state index in [0.717, 1.165) is 29.8 Å². The van der Waals surface area contributed by atoms with E-state index in [1.807, 2.05) is 54.6 Å². The minimum atomic E-state index is -0.542. The third kappa shape index (κ3) is 4.20. The molecule has 1 saturated heterocycles. The van der Waals surface area contributed by atoms with E-state index in [2.05, 4.69) is 15.7 Å². The van der Waals surface area contributed by atoms with Gasteiger partial charge < -0.3 is 15.4 Å². The number of carbonyl (C=O) groups excluding carboxylic acids is 2. The molecule has 0 saturated carbocycles. The number of aromatic nitrogens is 2. The molecular formula is C23H24N4O3. The van der Waals surface area contributed by atoms with Gasteiger partial charge in [0.2, 0.25) is 5.91 Å². The summed E-state index contributed by atoms with van der Waals surface area (Å²) in [6, 6.07) is 18.2. The molecule has 154 valence electrons. The number of methoxy groups -OCH3 is 1. The lowest BCUT2D eigenvalue weighted by atomic mass is 10.1. The van der Waals surface area contributed by atoms with Crippen LogP contribution in [-0.4, -0.2) is 41.3 Å². The molecule has 30 heavy (non-hydrogen) atoms. The number of benzene rings is 2.